The highest BCUT2D eigenvalue weighted by molar-refractivity contribution is 4.71. The van der Waals surface area contributed by atoms with Crippen LogP contribution in [0.3, 0.4) is 0 Å². The van der Waals surface area contributed by atoms with E-state index in [1.165, 1.54) is 26.2 Å². The molecule has 0 aromatic rings. The zero-order valence-corrected chi connectivity index (χ0v) is 10.7. The maximum atomic E-state index is 5.51. The van der Waals surface area contributed by atoms with Gasteiger partial charge in [0.25, 0.3) is 0 Å². The molecule has 16 heavy (non-hydrogen) atoms. The Balaban J connectivity index is 1.98. The summed E-state index contributed by atoms with van der Waals surface area (Å²) >= 11 is 0. The summed E-state index contributed by atoms with van der Waals surface area (Å²) in [6, 6.07) is 0. The number of nitrogens with two attached hydrogens (primary N) is 1. The molecule has 0 saturated carbocycles. The molecule has 1 saturated heterocycles. The zero-order chi connectivity index (χ0) is 11.6. The molecule has 4 heteroatoms. The number of hydrogen-bond donors (Lipinski definition) is 1. The van der Waals surface area contributed by atoms with Gasteiger partial charge in [-0.1, -0.05) is 6.92 Å². The molecule has 1 rings (SSSR count). The maximum Gasteiger partial charge on any atom is 0.0593 e. The second-order valence-corrected chi connectivity index (χ2v) is 4.44. The van der Waals surface area contributed by atoms with Gasteiger partial charge >= 0.3 is 0 Å². The normalized spacial score (nSPS) is 19.1. The van der Waals surface area contributed by atoms with Crippen molar-refractivity contribution in [1.29, 1.82) is 0 Å². The van der Waals surface area contributed by atoms with E-state index in [4.69, 9.17) is 10.5 Å². The lowest BCUT2D eigenvalue weighted by molar-refractivity contribution is 0.0757. The number of hydrogen-bond acceptors (Lipinski definition) is 4. The number of nitrogens with zero attached hydrogens (tertiary/aromatic N) is 2. The van der Waals surface area contributed by atoms with Crippen molar-refractivity contribution in [3.63, 3.8) is 0 Å². The molecule has 0 radical (unpaired) electrons. The van der Waals surface area contributed by atoms with E-state index in [1.807, 2.05) is 0 Å². The fraction of sp³-hybridized carbons (Fsp3) is 1.00. The van der Waals surface area contributed by atoms with E-state index < -0.39 is 0 Å². The summed E-state index contributed by atoms with van der Waals surface area (Å²) in [5, 5.41) is 0. The van der Waals surface area contributed by atoms with Crippen molar-refractivity contribution in [3.8, 4) is 0 Å². The third kappa shape index (κ3) is 5.80. The highest BCUT2D eigenvalue weighted by Gasteiger charge is 2.15. The van der Waals surface area contributed by atoms with Crippen molar-refractivity contribution in [2.75, 3.05) is 59.0 Å². The van der Waals surface area contributed by atoms with Gasteiger partial charge < -0.3 is 15.4 Å². The highest BCUT2D eigenvalue weighted by Crippen LogP contribution is 2.01. The van der Waals surface area contributed by atoms with Gasteiger partial charge in [-0.2, -0.15) is 0 Å². The molecule has 1 fully saturated rings. The third-order valence-electron chi connectivity index (χ3n) is 3.04. The van der Waals surface area contributed by atoms with Crippen molar-refractivity contribution < 1.29 is 4.74 Å². The molecule has 1 heterocycles. The Morgan fingerprint density at radius 1 is 1.00 bits per heavy atom. The van der Waals surface area contributed by atoms with Gasteiger partial charge in [-0.25, -0.2) is 0 Å². The minimum absolute atomic E-state index is 0.811. The van der Waals surface area contributed by atoms with Crippen LogP contribution in [-0.4, -0.2) is 68.8 Å². The van der Waals surface area contributed by atoms with Gasteiger partial charge in [-0.05, 0) is 25.9 Å². The molecule has 0 atom stereocenters. The lowest BCUT2D eigenvalue weighted by Crippen LogP contribution is -2.47. The second-order valence-electron chi connectivity index (χ2n) is 4.44. The monoisotopic (exact) mass is 229 g/mol. The zero-order valence-electron chi connectivity index (χ0n) is 10.7. The molecule has 0 aliphatic carbocycles. The second kappa shape index (κ2) is 8.93. The lowest BCUT2D eigenvalue weighted by atomic mass is 10.3. The van der Waals surface area contributed by atoms with Crippen LogP contribution >= 0.6 is 0 Å². The molecular formula is C12H27N3O. The van der Waals surface area contributed by atoms with Crippen LogP contribution in [0.5, 0.6) is 0 Å². The SMILES string of the molecule is CCCOCCN1CCN(CCCN)CC1. The van der Waals surface area contributed by atoms with Gasteiger partial charge in [0.05, 0.1) is 6.61 Å². The largest absolute Gasteiger partial charge is 0.380 e. The first kappa shape index (κ1) is 13.9. The van der Waals surface area contributed by atoms with Gasteiger partial charge in [0.15, 0.2) is 0 Å². The molecule has 0 aromatic heterocycles. The van der Waals surface area contributed by atoms with Crippen molar-refractivity contribution in [3.05, 3.63) is 0 Å². The Kier molecular flexibility index (Phi) is 7.76. The molecule has 0 unspecified atom stereocenters. The van der Waals surface area contributed by atoms with Crippen LogP contribution in [0.1, 0.15) is 19.8 Å². The highest BCUT2D eigenvalue weighted by atomic mass is 16.5. The first-order valence-corrected chi connectivity index (χ1v) is 6.59. The van der Waals surface area contributed by atoms with Crippen molar-refractivity contribution in [2.45, 2.75) is 19.8 Å². The van der Waals surface area contributed by atoms with Crippen LogP contribution in [0.2, 0.25) is 0 Å². The van der Waals surface area contributed by atoms with Gasteiger partial charge in [0.2, 0.25) is 0 Å². The van der Waals surface area contributed by atoms with Crippen LogP contribution in [0.25, 0.3) is 0 Å². The summed E-state index contributed by atoms with van der Waals surface area (Å²) in [6.45, 7) is 11.7. The standard InChI is InChI=1S/C12H27N3O/c1-2-11-16-12-10-15-8-6-14(7-9-15)5-3-4-13/h2-13H2,1H3. The summed E-state index contributed by atoms with van der Waals surface area (Å²) < 4.78 is 5.51. The van der Waals surface area contributed by atoms with Crippen LogP contribution < -0.4 is 5.73 Å². The fourth-order valence-electron chi connectivity index (χ4n) is 1.99. The average molecular weight is 229 g/mol. The summed E-state index contributed by atoms with van der Waals surface area (Å²) in [4.78, 5) is 5.00. The van der Waals surface area contributed by atoms with E-state index in [0.29, 0.717) is 0 Å². The Morgan fingerprint density at radius 3 is 2.19 bits per heavy atom. The van der Waals surface area contributed by atoms with Crippen molar-refractivity contribution in [2.24, 2.45) is 5.73 Å². The van der Waals surface area contributed by atoms with Gasteiger partial charge in [-0.15, -0.1) is 0 Å². The first-order valence-electron chi connectivity index (χ1n) is 6.59. The summed E-state index contributed by atoms with van der Waals surface area (Å²) in [7, 11) is 0. The van der Waals surface area contributed by atoms with Gasteiger partial charge in [0, 0.05) is 39.3 Å². The topological polar surface area (TPSA) is 41.7 Å². The smallest absolute Gasteiger partial charge is 0.0593 e. The average Bonchev–Trinajstić information content (AvgIpc) is 2.33. The molecule has 1 aliphatic heterocycles. The molecule has 4 nitrogen and oxygen atoms in total. The Labute approximate surface area is 99.7 Å². The minimum atomic E-state index is 0.811. The molecule has 0 aromatic carbocycles. The number of rotatable bonds is 8. The molecule has 2 N–H and O–H groups in total. The lowest BCUT2D eigenvalue weighted by Gasteiger charge is -2.34. The predicted molar refractivity (Wildman–Crippen MR) is 67.7 cm³/mol. The Morgan fingerprint density at radius 2 is 1.62 bits per heavy atom. The van der Waals surface area contributed by atoms with Crippen LogP contribution in [0.15, 0.2) is 0 Å². The van der Waals surface area contributed by atoms with Crippen LogP contribution in [0, 0.1) is 0 Å². The number of piperazine rings is 1. The van der Waals surface area contributed by atoms with Crippen molar-refractivity contribution >= 4 is 0 Å². The molecule has 96 valence electrons. The molecular weight excluding hydrogens is 202 g/mol. The van der Waals surface area contributed by atoms with Crippen LogP contribution in [-0.2, 0) is 4.74 Å². The van der Waals surface area contributed by atoms with E-state index in [-0.39, 0.29) is 0 Å². The molecule has 0 bridgehead atoms. The van der Waals surface area contributed by atoms with Crippen molar-refractivity contribution in [1.82, 2.24) is 9.80 Å². The quantitative estimate of drug-likeness (QED) is 0.611. The van der Waals surface area contributed by atoms with E-state index in [9.17, 15) is 0 Å². The Hall–Kier alpha value is -0.160. The number of ether oxygens (including phenoxy) is 1. The van der Waals surface area contributed by atoms with E-state index in [1.54, 1.807) is 0 Å². The molecule has 1 aliphatic rings. The first-order chi connectivity index (χ1) is 7.86. The summed E-state index contributed by atoms with van der Waals surface area (Å²) in [5.41, 5.74) is 5.51. The van der Waals surface area contributed by atoms with E-state index in [2.05, 4.69) is 16.7 Å². The molecule has 0 amide bonds. The molecule has 0 spiro atoms. The maximum absolute atomic E-state index is 5.51. The van der Waals surface area contributed by atoms with E-state index >= 15 is 0 Å². The predicted octanol–water partition coefficient (Wildman–Crippen LogP) is 0.379. The fourth-order valence-corrected chi connectivity index (χ4v) is 1.99. The van der Waals surface area contributed by atoms with E-state index in [0.717, 1.165) is 45.7 Å². The summed E-state index contributed by atoms with van der Waals surface area (Å²) in [5.74, 6) is 0. The van der Waals surface area contributed by atoms with Crippen LogP contribution in [0.4, 0.5) is 0 Å². The van der Waals surface area contributed by atoms with Gasteiger partial charge in [0.1, 0.15) is 0 Å². The van der Waals surface area contributed by atoms with Gasteiger partial charge in [-0.3, -0.25) is 4.90 Å². The third-order valence-corrected chi connectivity index (χ3v) is 3.04. The Bertz CT molecular complexity index is 158. The summed E-state index contributed by atoms with van der Waals surface area (Å²) in [6.07, 6.45) is 2.24. The minimum Gasteiger partial charge on any atom is -0.380 e.